The summed E-state index contributed by atoms with van der Waals surface area (Å²) < 4.78 is 0. The van der Waals surface area contributed by atoms with E-state index in [1.165, 1.54) is 0 Å². The molecule has 2 aromatic rings. The van der Waals surface area contributed by atoms with E-state index in [1.54, 1.807) is 30.3 Å². The number of benzene rings is 2. The van der Waals surface area contributed by atoms with Crippen molar-refractivity contribution >= 4 is 29.0 Å². The molecule has 5 nitrogen and oxygen atoms in total. The van der Waals surface area contributed by atoms with Gasteiger partial charge in [-0.3, -0.25) is 4.79 Å². The monoisotopic (exact) mass is 303 g/mol. The molecular weight excluding hydrogens is 290 g/mol. The maximum Gasteiger partial charge on any atom is 0.255 e. The third kappa shape index (κ3) is 3.32. The Kier molecular flexibility index (Phi) is 4.45. The summed E-state index contributed by atoms with van der Waals surface area (Å²) in [6.07, 6.45) is 0. The second kappa shape index (κ2) is 6.28. The molecule has 0 bridgehead atoms. The van der Waals surface area contributed by atoms with Crippen LogP contribution in [-0.4, -0.2) is 17.0 Å². The number of para-hydroxylation sites is 1. The lowest BCUT2D eigenvalue weighted by Crippen LogP contribution is -2.15. The van der Waals surface area contributed by atoms with Crippen LogP contribution in [0.15, 0.2) is 47.6 Å². The first kappa shape index (κ1) is 14.9. The van der Waals surface area contributed by atoms with Crippen molar-refractivity contribution in [1.82, 2.24) is 0 Å². The van der Waals surface area contributed by atoms with E-state index >= 15 is 0 Å². The predicted octanol–water partition coefficient (Wildman–Crippen LogP) is 3.00. The van der Waals surface area contributed by atoms with E-state index in [2.05, 4.69) is 10.5 Å². The molecule has 0 aliphatic carbocycles. The highest BCUT2D eigenvalue weighted by Crippen LogP contribution is 2.25. The van der Waals surface area contributed by atoms with Gasteiger partial charge in [0.2, 0.25) is 0 Å². The van der Waals surface area contributed by atoms with Gasteiger partial charge < -0.3 is 16.3 Å². The third-order valence-electron chi connectivity index (χ3n) is 3.01. The van der Waals surface area contributed by atoms with Crippen LogP contribution in [0, 0.1) is 6.92 Å². The zero-order valence-electron chi connectivity index (χ0n) is 11.3. The largest absolute Gasteiger partial charge is 0.409 e. The number of carbonyl (C=O) groups is 1. The average Bonchev–Trinajstić information content (AvgIpc) is 2.50. The van der Waals surface area contributed by atoms with Crippen molar-refractivity contribution < 1.29 is 10.0 Å². The standard InChI is InChI=1S/C15H14ClN3O2/c1-9-3-2-4-12(16)13(9)18-15(20)11-7-5-10(6-8-11)14(17)19-21/h2-8,21H,1H3,(H2,17,19)(H,18,20). The van der Waals surface area contributed by atoms with Crippen molar-refractivity contribution in [3.05, 3.63) is 64.2 Å². The van der Waals surface area contributed by atoms with Gasteiger partial charge in [-0.1, -0.05) is 41.0 Å². The van der Waals surface area contributed by atoms with Gasteiger partial charge in [-0.25, -0.2) is 0 Å². The second-order valence-electron chi connectivity index (χ2n) is 4.45. The van der Waals surface area contributed by atoms with Gasteiger partial charge >= 0.3 is 0 Å². The lowest BCUT2D eigenvalue weighted by atomic mass is 10.1. The number of nitrogens with two attached hydrogens (primary N) is 1. The maximum absolute atomic E-state index is 12.2. The molecule has 0 saturated heterocycles. The number of aryl methyl sites for hydroxylation is 1. The van der Waals surface area contributed by atoms with Gasteiger partial charge in [-0.2, -0.15) is 0 Å². The molecule has 0 fully saturated rings. The van der Waals surface area contributed by atoms with Crippen LogP contribution in [0.4, 0.5) is 5.69 Å². The second-order valence-corrected chi connectivity index (χ2v) is 4.86. The summed E-state index contributed by atoms with van der Waals surface area (Å²) in [6, 6.07) is 11.8. The number of oxime groups is 1. The molecule has 0 aliphatic rings. The molecule has 0 radical (unpaired) electrons. The van der Waals surface area contributed by atoms with Gasteiger partial charge in [-0.05, 0) is 30.7 Å². The molecule has 0 aliphatic heterocycles. The SMILES string of the molecule is Cc1cccc(Cl)c1NC(=O)c1ccc(C(N)=NO)cc1. The Morgan fingerprint density at radius 2 is 1.81 bits per heavy atom. The molecule has 0 spiro atoms. The van der Waals surface area contributed by atoms with Crippen LogP contribution in [0.2, 0.25) is 5.02 Å². The molecule has 2 aromatic carbocycles. The number of anilines is 1. The fourth-order valence-corrected chi connectivity index (χ4v) is 2.10. The molecule has 0 atom stereocenters. The van der Waals surface area contributed by atoms with Crippen molar-refractivity contribution in [3.8, 4) is 0 Å². The zero-order chi connectivity index (χ0) is 15.4. The lowest BCUT2D eigenvalue weighted by molar-refractivity contribution is 0.102. The van der Waals surface area contributed by atoms with Crippen LogP contribution in [0.5, 0.6) is 0 Å². The molecule has 6 heteroatoms. The number of hydrogen-bond acceptors (Lipinski definition) is 3. The first-order valence-electron chi connectivity index (χ1n) is 6.17. The minimum atomic E-state index is -0.280. The molecule has 0 saturated carbocycles. The normalized spacial score (nSPS) is 11.2. The summed E-state index contributed by atoms with van der Waals surface area (Å²) >= 11 is 6.07. The van der Waals surface area contributed by atoms with E-state index in [9.17, 15) is 4.79 Å². The van der Waals surface area contributed by atoms with Crippen LogP contribution < -0.4 is 11.1 Å². The highest BCUT2D eigenvalue weighted by Gasteiger charge is 2.10. The number of nitrogens with zero attached hydrogens (tertiary/aromatic N) is 1. The summed E-state index contributed by atoms with van der Waals surface area (Å²) in [7, 11) is 0. The fraction of sp³-hybridized carbons (Fsp3) is 0.0667. The number of halogens is 1. The van der Waals surface area contributed by atoms with Crippen LogP contribution in [0.3, 0.4) is 0 Å². The Morgan fingerprint density at radius 1 is 1.19 bits per heavy atom. The number of hydrogen-bond donors (Lipinski definition) is 3. The fourth-order valence-electron chi connectivity index (χ4n) is 1.83. The smallest absolute Gasteiger partial charge is 0.255 e. The minimum Gasteiger partial charge on any atom is -0.409 e. The van der Waals surface area contributed by atoms with Gasteiger partial charge in [0.15, 0.2) is 5.84 Å². The first-order chi connectivity index (χ1) is 10.0. The van der Waals surface area contributed by atoms with E-state index in [1.807, 2.05) is 19.1 Å². The molecule has 1 amide bonds. The maximum atomic E-state index is 12.2. The van der Waals surface area contributed by atoms with Gasteiger partial charge in [0.05, 0.1) is 10.7 Å². The highest BCUT2D eigenvalue weighted by atomic mass is 35.5. The van der Waals surface area contributed by atoms with Crippen molar-refractivity contribution in [3.63, 3.8) is 0 Å². The van der Waals surface area contributed by atoms with Gasteiger partial charge in [0.1, 0.15) is 0 Å². The van der Waals surface area contributed by atoms with Gasteiger partial charge in [-0.15, -0.1) is 0 Å². The first-order valence-corrected chi connectivity index (χ1v) is 6.55. The summed E-state index contributed by atoms with van der Waals surface area (Å²) in [6.45, 7) is 1.86. The van der Waals surface area contributed by atoms with E-state index in [0.29, 0.717) is 21.8 Å². The Bertz CT molecular complexity index is 676. The predicted molar refractivity (Wildman–Crippen MR) is 83.1 cm³/mol. The number of amides is 1. The van der Waals surface area contributed by atoms with Crippen LogP contribution >= 0.6 is 11.6 Å². The van der Waals surface area contributed by atoms with Crippen LogP contribution in [-0.2, 0) is 0 Å². The molecular formula is C15H14ClN3O2. The van der Waals surface area contributed by atoms with E-state index in [0.717, 1.165) is 5.56 Å². The number of rotatable bonds is 3. The summed E-state index contributed by atoms with van der Waals surface area (Å²) in [5.74, 6) is -0.291. The molecule has 21 heavy (non-hydrogen) atoms. The van der Waals surface area contributed by atoms with Gasteiger partial charge in [0.25, 0.3) is 5.91 Å². The Balaban J connectivity index is 2.21. The molecule has 0 aromatic heterocycles. The van der Waals surface area contributed by atoms with Crippen LogP contribution in [0.1, 0.15) is 21.5 Å². The third-order valence-corrected chi connectivity index (χ3v) is 3.33. The van der Waals surface area contributed by atoms with Crippen LogP contribution in [0.25, 0.3) is 0 Å². The lowest BCUT2D eigenvalue weighted by Gasteiger charge is -2.10. The zero-order valence-corrected chi connectivity index (χ0v) is 12.1. The Morgan fingerprint density at radius 3 is 2.38 bits per heavy atom. The average molecular weight is 304 g/mol. The molecule has 0 unspecified atom stereocenters. The number of amidine groups is 1. The Labute approximate surface area is 127 Å². The minimum absolute atomic E-state index is 0.0103. The van der Waals surface area contributed by atoms with Crippen molar-refractivity contribution in [2.75, 3.05) is 5.32 Å². The summed E-state index contributed by atoms with van der Waals surface area (Å²) in [5, 5.41) is 14.8. The Hall–Kier alpha value is -2.53. The van der Waals surface area contributed by atoms with E-state index < -0.39 is 0 Å². The van der Waals surface area contributed by atoms with E-state index in [-0.39, 0.29) is 11.7 Å². The summed E-state index contributed by atoms with van der Waals surface area (Å²) in [5.41, 5.74) is 7.91. The number of nitrogens with one attached hydrogen (secondary N) is 1. The molecule has 0 heterocycles. The number of carbonyl (C=O) groups excluding carboxylic acids is 1. The van der Waals surface area contributed by atoms with Crippen molar-refractivity contribution in [2.45, 2.75) is 6.92 Å². The van der Waals surface area contributed by atoms with Gasteiger partial charge in [0, 0.05) is 11.1 Å². The van der Waals surface area contributed by atoms with Crippen molar-refractivity contribution in [1.29, 1.82) is 0 Å². The molecule has 108 valence electrons. The van der Waals surface area contributed by atoms with E-state index in [4.69, 9.17) is 22.5 Å². The molecule has 2 rings (SSSR count). The quantitative estimate of drug-likeness (QED) is 0.352. The molecule has 4 N–H and O–H groups in total. The summed E-state index contributed by atoms with van der Waals surface area (Å²) in [4.78, 5) is 12.2. The van der Waals surface area contributed by atoms with Crippen molar-refractivity contribution in [2.24, 2.45) is 10.9 Å². The highest BCUT2D eigenvalue weighted by molar-refractivity contribution is 6.34. The topological polar surface area (TPSA) is 87.7 Å².